The molecule has 2 aromatic rings. The first-order valence-electron chi connectivity index (χ1n) is 12.5. The van der Waals surface area contributed by atoms with Crippen molar-refractivity contribution in [1.29, 1.82) is 0 Å². The minimum absolute atomic E-state index is 0.0758. The highest BCUT2D eigenvalue weighted by atomic mass is 16.5. The summed E-state index contributed by atoms with van der Waals surface area (Å²) < 4.78 is 11.4. The normalized spacial score (nSPS) is 19.0. The Morgan fingerprint density at radius 1 is 1.00 bits per heavy atom. The zero-order valence-corrected chi connectivity index (χ0v) is 21.5. The van der Waals surface area contributed by atoms with Crippen LogP contribution < -0.4 is 10.1 Å². The van der Waals surface area contributed by atoms with E-state index in [1.807, 2.05) is 32.9 Å². The molecule has 0 aromatic heterocycles. The number of hydrogen-bond donors (Lipinski definition) is 1. The van der Waals surface area contributed by atoms with Gasteiger partial charge in [-0.25, -0.2) is 0 Å². The Kier molecular flexibility index (Phi) is 7.64. The minimum atomic E-state index is -0.932. The number of aryl methyl sites for hydroxylation is 1. The number of likely N-dealkylation sites (tertiary alicyclic amines) is 1. The molecule has 36 heavy (non-hydrogen) atoms. The Balaban J connectivity index is 1.54. The highest BCUT2D eigenvalue weighted by molar-refractivity contribution is 5.98. The van der Waals surface area contributed by atoms with Gasteiger partial charge in [-0.2, -0.15) is 0 Å². The molecular formula is C28H35N3O5. The van der Waals surface area contributed by atoms with Crippen LogP contribution in [-0.4, -0.2) is 72.6 Å². The zero-order chi connectivity index (χ0) is 25.9. The van der Waals surface area contributed by atoms with Crippen LogP contribution in [0.15, 0.2) is 48.5 Å². The van der Waals surface area contributed by atoms with Gasteiger partial charge in [0.25, 0.3) is 11.8 Å². The van der Waals surface area contributed by atoms with E-state index >= 15 is 0 Å². The van der Waals surface area contributed by atoms with Gasteiger partial charge in [0.2, 0.25) is 5.91 Å². The summed E-state index contributed by atoms with van der Waals surface area (Å²) in [6.45, 7) is 7.51. The fourth-order valence-electron chi connectivity index (χ4n) is 4.80. The number of carbonyl (C=O) groups is 3. The monoisotopic (exact) mass is 493 g/mol. The Morgan fingerprint density at radius 3 is 2.17 bits per heavy atom. The summed E-state index contributed by atoms with van der Waals surface area (Å²) in [7, 11) is 1.59. The van der Waals surface area contributed by atoms with Gasteiger partial charge in [0.15, 0.2) is 0 Å². The summed E-state index contributed by atoms with van der Waals surface area (Å²) in [5.74, 6) is 0.465. The molecule has 2 heterocycles. The van der Waals surface area contributed by atoms with E-state index in [0.29, 0.717) is 55.3 Å². The molecule has 0 unspecified atom stereocenters. The first-order chi connectivity index (χ1) is 17.2. The lowest BCUT2D eigenvalue weighted by Crippen LogP contribution is -2.60. The van der Waals surface area contributed by atoms with Crippen molar-refractivity contribution >= 4 is 17.7 Å². The number of amides is 3. The quantitative estimate of drug-likeness (QED) is 0.668. The summed E-state index contributed by atoms with van der Waals surface area (Å²) in [6.07, 6.45) is 0.862. The molecule has 0 radical (unpaired) electrons. The lowest BCUT2D eigenvalue weighted by Gasteiger charge is -2.44. The summed E-state index contributed by atoms with van der Waals surface area (Å²) >= 11 is 0. The molecule has 1 atom stereocenters. The van der Waals surface area contributed by atoms with Crippen LogP contribution in [0.1, 0.15) is 53.0 Å². The molecule has 3 amide bonds. The van der Waals surface area contributed by atoms with Gasteiger partial charge in [0, 0.05) is 43.6 Å². The van der Waals surface area contributed by atoms with Crippen molar-refractivity contribution in [1.82, 2.24) is 15.1 Å². The maximum atomic E-state index is 13.8. The van der Waals surface area contributed by atoms with Crippen molar-refractivity contribution in [3.63, 3.8) is 0 Å². The van der Waals surface area contributed by atoms with E-state index in [0.717, 1.165) is 5.56 Å². The van der Waals surface area contributed by atoms with Crippen LogP contribution in [0.2, 0.25) is 0 Å². The van der Waals surface area contributed by atoms with E-state index in [-0.39, 0.29) is 24.3 Å². The third-order valence-corrected chi connectivity index (χ3v) is 6.93. The van der Waals surface area contributed by atoms with Gasteiger partial charge >= 0.3 is 0 Å². The maximum absolute atomic E-state index is 13.8. The number of hydrogen-bond acceptors (Lipinski definition) is 5. The number of benzene rings is 2. The number of nitrogens with zero attached hydrogens (tertiary/aromatic N) is 2. The zero-order valence-electron chi connectivity index (χ0n) is 21.5. The number of carbonyl (C=O) groups excluding carboxylic acids is 3. The second-order valence-electron chi connectivity index (χ2n) is 9.97. The van der Waals surface area contributed by atoms with Gasteiger partial charge < -0.3 is 19.7 Å². The van der Waals surface area contributed by atoms with Crippen molar-refractivity contribution in [2.24, 2.45) is 5.92 Å². The van der Waals surface area contributed by atoms with Gasteiger partial charge in [0.1, 0.15) is 17.5 Å². The van der Waals surface area contributed by atoms with Crippen molar-refractivity contribution in [3.8, 4) is 5.75 Å². The Hall–Kier alpha value is -3.39. The van der Waals surface area contributed by atoms with Gasteiger partial charge in [-0.15, -0.1) is 0 Å². The van der Waals surface area contributed by atoms with E-state index in [4.69, 9.17) is 9.47 Å². The molecule has 0 saturated carbocycles. The molecule has 0 bridgehead atoms. The average Bonchev–Trinajstić information content (AvgIpc) is 3.25. The number of ether oxygens (including phenoxy) is 2. The second-order valence-corrected chi connectivity index (χ2v) is 9.97. The fraction of sp³-hybridized carbons (Fsp3) is 0.464. The molecule has 2 aliphatic heterocycles. The molecule has 2 aliphatic rings. The summed E-state index contributed by atoms with van der Waals surface area (Å²) in [5, 5.41) is 2.96. The van der Waals surface area contributed by atoms with Crippen LogP contribution in [0.3, 0.4) is 0 Å². The molecule has 2 fully saturated rings. The maximum Gasteiger partial charge on any atom is 0.256 e. The number of methoxy groups -OCH3 is 1. The highest BCUT2D eigenvalue weighted by Gasteiger charge is 2.54. The topological polar surface area (TPSA) is 88.2 Å². The van der Waals surface area contributed by atoms with Gasteiger partial charge in [-0.3, -0.25) is 19.3 Å². The SMILES string of the molecule is COc1ccc(C(=O)N2CCC3(CC2)OC[C@H](C(=O)NCC(C)C)N3C(=O)c2ccc(C)cc2)cc1. The number of rotatable bonds is 6. The molecule has 2 saturated heterocycles. The lowest BCUT2D eigenvalue weighted by molar-refractivity contribution is -0.128. The van der Waals surface area contributed by atoms with Gasteiger partial charge in [-0.05, 0) is 49.2 Å². The molecule has 192 valence electrons. The summed E-state index contributed by atoms with van der Waals surface area (Å²) in [6, 6.07) is 13.7. The van der Waals surface area contributed by atoms with Gasteiger partial charge in [0.05, 0.1) is 13.7 Å². The molecule has 8 nitrogen and oxygen atoms in total. The fourth-order valence-corrected chi connectivity index (χ4v) is 4.80. The van der Waals surface area contributed by atoms with Crippen molar-refractivity contribution in [2.45, 2.75) is 45.4 Å². The van der Waals surface area contributed by atoms with Crippen LogP contribution in [0, 0.1) is 12.8 Å². The smallest absolute Gasteiger partial charge is 0.256 e. The predicted octanol–water partition coefficient (Wildman–Crippen LogP) is 3.25. The van der Waals surface area contributed by atoms with E-state index in [1.54, 1.807) is 53.3 Å². The standard InChI is InChI=1S/C28H35N3O5/c1-19(2)17-29-25(32)24-18-36-28(31(24)27(34)22-7-5-20(3)6-8-22)13-15-30(16-14-28)26(33)21-9-11-23(35-4)12-10-21/h5-12,19,24H,13-18H2,1-4H3,(H,29,32)/t24-/m1/s1. The first-order valence-corrected chi connectivity index (χ1v) is 12.5. The van der Waals surface area contributed by atoms with Crippen LogP contribution in [0.25, 0.3) is 0 Å². The van der Waals surface area contributed by atoms with Crippen LogP contribution >= 0.6 is 0 Å². The van der Waals surface area contributed by atoms with Gasteiger partial charge in [-0.1, -0.05) is 31.5 Å². The van der Waals surface area contributed by atoms with Crippen LogP contribution in [0.4, 0.5) is 0 Å². The van der Waals surface area contributed by atoms with E-state index in [2.05, 4.69) is 5.32 Å². The van der Waals surface area contributed by atoms with Crippen molar-refractivity contribution < 1.29 is 23.9 Å². The van der Waals surface area contributed by atoms with Crippen molar-refractivity contribution in [2.75, 3.05) is 33.4 Å². The predicted molar refractivity (Wildman–Crippen MR) is 136 cm³/mol. The second kappa shape index (κ2) is 10.7. The van der Waals surface area contributed by atoms with Crippen molar-refractivity contribution in [3.05, 3.63) is 65.2 Å². The molecule has 1 N–H and O–H groups in total. The molecule has 0 aliphatic carbocycles. The summed E-state index contributed by atoms with van der Waals surface area (Å²) in [5.41, 5.74) is 1.22. The average molecular weight is 494 g/mol. The van der Waals surface area contributed by atoms with E-state index in [1.165, 1.54) is 0 Å². The first kappa shape index (κ1) is 25.7. The number of piperidine rings is 1. The van der Waals surface area contributed by atoms with E-state index < -0.39 is 11.8 Å². The Labute approximate surface area is 212 Å². The Bertz CT molecular complexity index is 1090. The third kappa shape index (κ3) is 5.23. The molecule has 2 aromatic carbocycles. The summed E-state index contributed by atoms with van der Waals surface area (Å²) in [4.78, 5) is 43.4. The largest absolute Gasteiger partial charge is 0.497 e. The molecule has 4 rings (SSSR count). The molecule has 8 heteroatoms. The molecule has 1 spiro atoms. The third-order valence-electron chi connectivity index (χ3n) is 6.93. The van der Waals surface area contributed by atoms with E-state index in [9.17, 15) is 14.4 Å². The number of nitrogens with one attached hydrogen (secondary N) is 1. The van der Waals surface area contributed by atoms with Crippen LogP contribution in [0.5, 0.6) is 5.75 Å². The molecular weight excluding hydrogens is 458 g/mol. The van der Waals surface area contributed by atoms with Crippen LogP contribution in [-0.2, 0) is 9.53 Å². The minimum Gasteiger partial charge on any atom is -0.497 e. The Morgan fingerprint density at radius 2 is 1.58 bits per heavy atom. The highest BCUT2D eigenvalue weighted by Crippen LogP contribution is 2.39. The lowest BCUT2D eigenvalue weighted by atomic mass is 9.96.